The maximum Gasteiger partial charge on any atom is 0.111 e. The maximum atomic E-state index is 9.12. The number of fused-ring (bicyclic) bond motifs is 1. The van der Waals surface area contributed by atoms with E-state index in [-0.39, 0.29) is 0 Å². The van der Waals surface area contributed by atoms with Crippen LogP contribution < -0.4 is 0 Å². The van der Waals surface area contributed by atoms with Gasteiger partial charge < -0.3 is 4.57 Å². The quantitative estimate of drug-likeness (QED) is 0.791. The predicted molar refractivity (Wildman–Crippen MR) is 85.4 cm³/mol. The van der Waals surface area contributed by atoms with Crippen LogP contribution in [0.5, 0.6) is 0 Å². The van der Waals surface area contributed by atoms with E-state index in [9.17, 15) is 0 Å². The van der Waals surface area contributed by atoms with E-state index in [0.29, 0.717) is 11.4 Å². The molecule has 1 heterocycles. The molecule has 3 nitrogen and oxygen atoms in total. The number of halogens is 1. The Morgan fingerprint density at radius 3 is 2.81 bits per heavy atom. The number of alkyl halides is 1. The Balaban J connectivity index is 1.99. The normalized spacial score (nSPS) is 16.2. The molecular weight excluding hydrogens is 282 g/mol. The topological polar surface area (TPSA) is 41.6 Å². The molecule has 3 rings (SSSR count). The van der Waals surface area contributed by atoms with Crippen molar-refractivity contribution in [3.63, 3.8) is 0 Å². The maximum absolute atomic E-state index is 9.12. The highest BCUT2D eigenvalue weighted by molar-refractivity contribution is 6.17. The summed E-state index contributed by atoms with van der Waals surface area (Å²) >= 11 is 5.93. The van der Waals surface area contributed by atoms with Crippen LogP contribution in [0.15, 0.2) is 18.2 Å². The first kappa shape index (κ1) is 14.4. The molecule has 1 saturated carbocycles. The lowest BCUT2D eigenvalue weighted by Crippen LogP contribution is -2.16. The summed E-state index contributed by atoms with van der Waals surface area (Å²) in [6, 6.07) is 7.97. The highest BCUT2D eigenvalue weighted by Gasteiger charge is 2.18. The summed E-state index contributed by atoms with van der Waals surface area (Å²) in [6.07, 6.45) is 7.44. The van der Waals surface area contributed by atoms with Gasteiger partial charge in [-0.05, 0) is 37.0 Å². The van der Waals surface area contributed by atoms with Crippen molar-refractivity contribution in [3.05, 3.63) is 29.6 Å². The van der Waals surface area contributed by atoms with E-state index >= 15 is 0 Å². The van der Waals surface area contributed by atoms with Gasteiger partial charge in [0.25, 0.3) is 0 Å². The molecule has 0 atom stereocenters. The zero-order chi connectivity index (χ0) is 14.7. The number of hydrogen-bond donors (Lipinski definition) is 0. The van der Waals surface area contributed by atoms with Crippen molar-refractivity contribution in [2.24, 2.45) is 5.92 Å². The summed E-state index contributed by atoms with van der Waals surface area (Å²) in [4.78, 5) is 4.71. The smallest absolute Gasteiger partial charge is 0.111 e. The van der Waals surface area contributed by atoms with E-state index in [2.05, 4.69) is 10.6 Å². The fraction of sp³-hybridized carbons (Fsp3) is 0.529. The molecule has 1 aliphatic carbocycles. The highest BCUT2D eigenvalue weighted by atomic mass is 35.5. The Hall–Kier alpha value is -1.53. The molecule has 4 heteroatoms. The summed E-state index contributed by atoms with van der Waals surface area (Å²) in [5.74, 6) is 2.37. The molecule has 0 amide bonds. The van der Waals surface area contributed by atoms with Crippen LogP contribution in [0.4, 0.5) is 0 Å². The lowest BCUT2D eigenvalue weighted by molar-refractivity contribution is 0.319. The van der Waals surface area contributed by atoms with Gasteiger partial charge in [0.15, 0.2) is 0 Å². The highest BCUT2D eigenvalue weighted by Crippen LogP contribution is 2.28. The largest absolute Gasteiger partial charge is 0.328 e. The molecule has 0 aliphatic heterocycles. The van der Waals surface area contributed by atoms with E-state index in [4.69, 9.17) is 21.8 Å². The van der Waals surface area contributed by atoms with Crippen LogP contribution in [0, 0.1) is 17.2 Å². The first-order chi connectivity index (χ1) is 10.3. The van der Waals surface area contributed by atoms with Crippen molar-refractivity contribution >= 4 is 22.6 Å². The Morgan fingerprint density at radius 1 is 1.29 bits per heavy atom. The van der Waals surface area contributed by atoms with Gasteiger partial charge in [-0.2, -0.15) is 5.26 Å². The van der Waals surface area contributed by atoms with E-state index in [1.165, 1.54) is 32.1 Å². The van der Waals surface area contributed by atoms with Crippen LogP contribution in [-0.2, 0) is 13.0 Å². The second-order valence-electron chi connectivity index (χ2n) is 5.90. The van der Waals surface area contributed by atoms with Crippen molar-refractivity contribution in [2.75, 3.05) is 5.88 Å². The van der Waals surface area contributed by atoms with E-state index < -0.39 is 0 Å². The summed E-state index contributed by atoms with van der Waals surface area (Å²) in [7, 11) is 0. The Bertz CT molecular complexity index is 662. The lowest BCUT2D eigenvalue weighted by atomic mass is 9.89. The fourth-order valence-corrected chi connectivity index (χ4v) is 3.52. The third kappa shape index (κ3) is 3.06. The van der Waals surface area contributed by atoms with Crippen LogP contribution in [0.1, 0.15) is 43.5 Å². The summed E-state index contributed by atoms with van der Waals surface area (Å²) in [6.45, 7) is 1.01. The lowest BCUT2D eigenvalue weighted by Gasteiger charge is -2.23. The van der Waals surface area contributed by atoms with Crippen molar-refractivity contribution in [3.8, 4) is 6.07 Å². The Labute approximate surface area is 130 Å². The number of aryl methyl sites for hydroxylation is 1. The minimum absolute atomic E-state index is 0.582. The van der Waals surface area contributed by atoms with Crippen LogP contribution in [-0.4, -0.2) is 15.4 Å². The number of nitrogens with zero attached hydrogens (tertiary/aromatic N) is 3. The zero-order valence-corrected chi connectivity index (χ0v) is 12.9. The van der Waals surface area contributed by atoms with Gasteiger partial charge in [0.2, 0.25) is 0 Å². The molecule has 0 spiro atoms. The van der Waals surface area contributed by atoms with E-state index in [0.717, 1.165) is 35.7 Å². The summed E-state index contributed by atoms with van der Waals surface area (Å²) < 4.78 is 2.30. The second-order valence-corrected chi connectivity index (χ2v) is 6.27. The first-order valence-electron chi connectivity index (χ1n) is 7.77. The van der Waals surface area contributed by atoms with Gasteiger partial charge in [0.1, 0.15) is 5.82 Å². The molecule has 1 aromatic heterocycles. The molecule has 21 heavy (non-hydrogen) atoms. The average molecular weight is 302 g/mol. The zero-order valence-electron chi connectivity index (χ0n) is 12.2. The first-order valence-corrected chi connectivity index (χ1v) is 8.30. The van der Waals surface area contributed by atoms with Crippen molar-refractivity contribution in [1.82, 2.24) is 9.55 Å². The molecule has 1 aromatic carbocycles. The summed E-state index contributed by atoms with van der Waals surface area (Å²) in [5, 5.41) is 9.12. The minimum atomic E-state index is 0.582. The number of rotatable bonds is 4. The van der Waals surface area contributed by atoms with Crippen LogP contribution in [0.25, 0.3) is 11.0 Å². The van der Waals surface area contributed by atoms with E-state index in [1.54, 1.807) is 0 Å². The average Bonchev–Trinajstić information content (AvgIpc) is 2.86. The van der Waals surface area contributed by atoms with Crippen LogP contribution in [0.3, 0.4) is 0 Å². The molecule has 2 aromatic rings. The number of imidazole rings is 1. The molecule has 1 aliphatic rings. The van der Waals surface area contributed by atoms with Crippen LogP contribution >= 0.6 is 11.6 Å². The SMILES string of the molecule is N#Cc1ccc2nc(CCCl)n(CC3CCCCC3)c2c1. The third-order valence-electron chi connectivity index (χ3n) is 4.44. The van der Waals surface area contributed by atoms with Gasteiger partial charge in [-0.25, -0.2) is 4.98 Å². The van der Waals surface area contributed by atoms with Gasteiger partial charge in [-0.1, -0.05) is 19.3 Å². The third-order valence-corrected chi connectivity index (χ3v) is 4.63. The standard InChI is InChI=1S/C17H20ClN3/c18-9-8-17-20-15-7-6-14(11-19)10-16(15)21(17)12-13-4-2-1-3-5-13/h6-7,10,13H,1-5,8-9,12H2. The molecule has 0 saturated heterocycles. The van der Waals surface area contributed by atoms with Gasteiger partial charge in [-0.3, -0.25) is 0 Å². The Morgan fingerprint density at radius 2 is 2.10 bits per heavy atom. The van der Waals surface area contributed by atoms with Gasteiger partial charge >= 0.3 is 0 Å². The molecule has 0 unspecified atom stereocenters. The second kappa shape index (κ2) is 6.49. The van der Waals surface area contributed by atoms with Gasteiger partial charge in [-0.15, -0.1) is 11.6 Å². The molecule has 110 valence electrons. The predicted octanol–water partition coefficient (Wildman–Crippen LogP) is 4.27. The minimum Gasteiger partial charge on any atom is -0.328 e. The van der Waals surface area contributed by atoms with E-state index in [1.807, 2.05) is 18.2 Å². The molecular formula is C17H20ClN3. The molecule has 0 N–H and O–H groups in total. The van der Waals surface area contributed by atoms with Crippen LogP contribution in [0.2, 0.25) is 0 Å². The Kier molecular flexibility index (Phi) is 4.45. The number of benzene rings is 1. The fourth-order valence-electron chi connectivity index (χ4n) is 3.35. The van der Waals surface area contributed by atoms with Crippen molar-refractivity contribution in [1.29, 1.82) is 5.26 Å². The molecule has 0 bridgehead atoms. The monoisotopic (exact) mass is 301 g/mol. The van der Waals surface area contributed by atoms with Gasteiger partial charge in [0.05, 0.1) is 22.7 Å². The summed E-state index contributed by atoms with van der Waals surface area (Å²) in [5.41, 5.74) is 2.76. The number of aromatic nitrogens is 2. The van der Waals surface area contributed by atoms with Crippen molar-refractivity contribution in [2.45, 2.75) is 45.1 Å². The van der Waals surface area contributed by atoms with Crippen molar-refractivity contribution < 1.29 is 0 Å². The number of hydrogen-bond acceptors (Lipinski definition) is 2. The molecule has 0 radical (unpaired) electrons. The van der Waals surface area contributed by atoms with Gasteiger partial charge in [0, 0.05) is 18.8 Å². The molecule has 1 fully saturated rings. The number of nitriles is 1.